The predicted molar refractivity (Wildman–Crippen MR) is 105 cm³/mol. The number of carbonyl (C=O) groups excluding carboxylic acids is 2. The van der Waals surface area contributed by atoms with Gasteiger partial charge in [-0.05, 0) is 35.9 Å². The average Bonchev–Trinajstić information content (AvgIpc) is 2.65. The van der Waals surface area contributed by atoms with Crippen LogP contribution in [0.2, 0.25) is 0 Å². The quantitative estimate of drug-likeness (QED) is 0.422. The summed E-state index contributed by atoms with van der Waals surface area (Å²) in [6.45, 7) is 1.02. The average molecular weight is 400 g/mol. The van der Waals surface area contributed by atoms with Crippen LogP contribution in [0, 0.1) is 0 Å². The van der Waals surface area contributed by atoms with Crippen molar-refractivity contribution in [1.29, 1.82) is 0 Å². The van der Waals surface area contributed by atoms with E-state index in [-0.39, 0.29) is 9.20 Å². The molecule has 0 saturated heterocycles. The van der Waals surface area contributed by atoms with E-state index in [0.717, 1.165) is 13.0 Å². The van der Waals surface area contributed by atoms with Gasteiger partial charge in [-0.1, -0.05) is 35.6 Å². The summed E-state index contributed by atoms with van der Waals surface area (Å²) in [6, 6.07) is 14.3. The highest BCUT2D eigenvalue weighted by atomic mass is 32.2. The lowest BCUT2D eigenvalue weighted by molar-refractivity contribution is -0.134. The van der Waals surface area contributed by atoms with Crippen LogP contribution in [0.5, 0.6) is 0 Å². The van der Waals surface area contributed by atoms with Crippen LogP contribution < -0.4 is 0 Å². The summed E-state index contributed by atoms with van der Waals surface area (Å²) < 4.78 is 25.8. The fourth-order valence-corrected chi connectivity index (χ4v) is 3.50. The van der Waals surface area contributed by atoms with Crippen LogP contribution in [0.3, 0.4) is 0 Å². The van der Waals surface area contributed by atoms with Crippen LogP contribution in [0.4, 0.5) is 5.69 Å². The molecular formula is C19H20N4O4S. The van der Waals surface area contributed by atoms with Crippen molar-refractivity contribution >= 4 is 33.6 Å². The molecule has 0 aliphatic rings. The Balaban J connectivity index is 2.30. The lowest BCUT2D eigenvalue weighted by Crippen LogP contribution is -2.39. The molecule has 0 aromatic heterocycles. The molecule has 0 N–H and O–H groups in total. The molecule has 2 amide bonds. The number of amides is 2. The van der Waals surface area contributed by atoms with Crippen molar-refractivity contribution in [3.8, 4) is 0 Å². The highest BCUT2D eigenvalue weighted by Crippen LogP contribution is 2.21. The van der Waals surface area contributed by atoms with Gasteiger partial charge in [0.15, 0.2) is 0 Å². The minimum absolute atomic E-state index is 0.201. The third-order valence-electron chi connectivity index (χ3n) is 3.42. The van der Waals surface area contributed by atoms with Crippen LogP contribution in [0.1, 0.15) is 12.5 Å². The number of hydrogen-bond acceptors (Lipinski definition) is 6. The van der Waals surface area contributed by atoms with Crippen molar-refractivity contribution in [2.45, 2.75) is 11.8 Å². The summed E-state index contributed by atoms with van der Waals surface area (Å²) in [7, 11) is -0.960. The van der Waals surface area contributed by atoms with Crippen LogP contribution in [-0.4, -0.2) is 43.6 Å². The highest BCUT2D eigenvalue weighted by molar-refractivity contribution is 7.90. The monoisotopic (exact) mass is 400 g/mol. The number of rotatable bonds is 6. The van der Waals surface area contributed by atoms with Crippen molar-refractivity contribution < 1.29 is 18.0 Å². The van der Waals surface area contributed by atoms with Crippen molar-refractivity contribution in [2.75, 3.05) is 14.1 Å². The van der Waals surface area contributed by atoms with Gasteiger partial charge in [0.25, 0.3) is 15.9 Å². The summed E-state index contributed by atoms with van der Waals surface area (Å²) in [4.78, 5) is 24.1. The van der Waals surface area contributed by atoms with E-state index in [0.29, 0.717) is 11.3 Å². The maximum absolute atomic E-state index is 12.8. The number of imide groups is 1. The minimum Gasteiger partial charge on any atom is -0.285 e. The second-order valence-corrected chi connectivity index (χ2v) is 7.69. The van der Waals surface area contributed by atoms with Crippen molar-refractivity contribution in [3.63, 3.8) is 0 Å². The van der Waals surface area contributed by atoms with Gasteiger partial charge >= 0.3 is 0 Å². The Labute approximate surface area is 163 Å². The summed E-state index contributed by atoms with van der Waals surface area (Å²) in [5.74, 6) is -1.85. The zero-order valence-corrected chi connectivity index (χ0v) is 16.5. The van der Waals surface area contributed by atoms with Gasteiger partial charge in [0.05, 0.1) is 10.6 Å². The number of carbonyl (C=O) groups is 2. The van der Waals surface area contributed by atoms with Crippen LogP contribution >= 0.6 is 0 Å². The first-order valence-corrected chi connectivity index (χ1v) is 9.68. The molecule has 0 saturated carbocycles. The molecule has 0 radical (unpaired) electrons. The molecule has 0 atom stereocenters. The second kappa shape index (κ2) is 9.05. The van der Waals surface area contributed by atoms with Gasteiger partial charge in [-0.25, -0.2) is 8.42 Å². The number of hydrogen-bond donors (Lipinski definition) is 0. The van der Waals surface area contributed by atoms with Gasteiger partial charge < -0.3 is 0 Å². The fraction of sp³-hybridized carbons (Fsp3) is 0.158. The summed E-state index contributed by atoms with van der Waals surface area (Å²) in [6.07, 6.45) is 2.49. The Morgan fingerprint density at radius 3 is 2.11 bits per heavy atom. The predicted octanol–water partition coefficient (Wildman–Crippen LogP) is 3.02. The van der Waals surface area contributed by atoms with Crippen molar-refractivity contribution in [2.24, 2.45) is 10.3 Å². The van der Waals surface area contributed by atoms with Crippen LogP contribution in [0.15, 0.2) is 75.9 Å². The molecule has 0 aliphatic heterocycles. The van der Waals surface area contributed by atoms with Crippen LogP contribution in [0.25, 0.3) is 6.08 Å². The molecule has 0 fully saturated rings. The molecule has 2 rings (SSSR count). The molecule has 8 nitrogen and oxygen atoms in total. The third-order valence-corrected chi connectivity index (χ3v) is 5.20. The largest absolute Gasteiger partial charge is 0.285 e. The van der Waals surface area contributed by atoms with Gasteiger partial charge in [-0.2, -0.15) is 4.31 Å². The molecular weight excluding hydrogens is 380 g/mol. The minimum atomic E-state index is -4.35. The van der Waals surface area contributed by atoms with Gasteiger partial charge in [0.1, 0.15) is 0 Å². The Hall–Kier alpha value is -3.33. The Morgan fingerprint density at radius 2 is 1.57 bits per heavy atom. The molecule has 9 heteroatoms. The third kappa shape index (κ3) is 5.34. The van der Waals surface area contributed by atoms with E-state index in [1.54, 1.807) is 38.4 Å². The van der Waals surface area contributed by atoms with E-state index in [9.17, 15) is 18.0 Å². The van der Waals surface area contributed by atoms with E-state index in [2.05, 4.69) is 10.3 Å². The van der Waals surface area contributed by atoms with E-state index in [1.165, 1.54) is 35.4 Å². The van der Waals surface area contributed by atoms with Crippen LogP contribution in [-0.2, 0) is 19.6 Å². The molecule has 2 aromatic carbocycles. The zero-order chi connectivity index (χ0) is 20.7. The lowest BCUT2D eigenvalue weighted by Gasteiger charge is -2.17. The maximum atomic E-state index is 12.8. The molecule has 0 heterocycles. The molecule has 0 unspecified atom stereocenters. The smallest absolute Gasteiger partial charge is 0.273 e. The normalized spacial score (nSPS) is 11.7. The van der Waals surface area contributed by atoms with E-state index >= 15 is 0 Å². The summed E-state index contributed by atoms with van der Waals surface area (Å²) in [5.41, 5.74) is 1.13. The Bertz CT molecular complexity index is 998. The first-order chi connectivity index (χ1) is 13.2. The molecule has 0 bridgehead atoms. The van der Waals surface area contributed by atoms with Crippen molar-refractivity contribution in [1.82, 2.24) is 9.31 Å². The molecule has 28 heavy (non-hydrogen) atoms. The Kier molecular flexibility index (Phi) is 6.78. The molecule has 0 aliphatic carbocycles. The van der Waals surface area contributed by atoms with Gasteiger partial charge in [-0.3, -0.25) is 14.6 Å². The topological polar surface area (TPSA) is 99.5 Å². The zero-order valence-electron chi connectivity index (χ0n) is 15.7. The van der Waals surface area contributed by atoms with Gasteiger partial charge in [0.2, 0.25) is 5.91 Å². The summed E-state index contributed by atoms with van der Waals surface area (Å²) in [5, 5.41) is 9.20. The number of benzene rings is 2. The Morgan fingerprint density at radius 1 is 0.964 bits per heavy atom. The first kappa shape index (κ1) is 21.0. The second-order valence-electron chi connectivity index (χ2n) is 5.90. The first-order valence-electron chi connectivity index (χ1n) is 8.24. The molecule has 2 aromatic rings. The van der Waals surface area contributed by atoms with Gasteiger partial charge in [0, 0.05) is 27.1 Å². The SMILES string of the molecule is CC(=O)N(C(=O)C=Cc1ccccc1)S(=O)(=O)c1ccc(N=NN(C)C)cc1. The lowest BCUT2D eigenvalue weighted by atomic mass is 10.2. The van der Waals surface area contributed by atoms with E-state index in [4.69, 9.17) is 0 Å². The fourth-order valence-electron chi connectivity index (χ4n) is 2.17. The molecule has 146 valence electrons. The standard InChI is InChI=1S/C19H20N4O4S/c1-15(24)23(19(25)14-9-16-7-5-4-6-8-16)28(26,27)18-12-10-17(11-13-18)20-21-22(2)3/h4-14H,1-3H3. The molecule has 0 spiro atoms. The van der Waals surface area contributed by atoms with E-state index in [1.807, 2.05) is 6.07 Å². The van der Waals surface area contributed by atoms with Gasteiger partial charge in [-0.15, -0.1) is 5.11 Å². The number of sulfonamides is 1. The highest BCUT2D eigenvalue weighted by Gasteiger charge is 2.31. The van der Waals surface area contributed by atoms with Crippen molar-refractivity contribution in [3.05, 3.63) is 66.2 Å². The number of nitrogens with zero attached hydrogens (tertiary/aromatic N) is 4. The maximum Gasteiger partial charge on any atom is 0.273 e. The van der Waals surface area contributed by atoms with E-state index < -0.39 is 21.8 Å². The summed E-state index contributed by atoms with van der Waals surface area (Å²) >= 11 is 0.